The zero-order chi connectivity index (χ0) is 28.5. The number of hydrogen-bond donors (Lipinski definition) is 1. The third-order valence-corrected chi connectivity index (χ3v) is 7.79. The Morgan fingerprint density at radius 1 is 0.951 bits per heavy atom. The number of aromatic nitrogens is 1. The highest BCUT2D eigenvalue weighted by Gasteiger charge is 2.48. The number of ketones is 1. The van der Waals surface area contributed by atoms with Gasteiger partial charge in [0.05, 0.1) is 28.9 Å². The van der Waals surface area contributed by atoms with Crippen molar-refractivity contribution in [3.63, 3.8) is 0 Å². The second-order valence-corrected chi connectivity index (χ2v) is 10.4. The van der Waals surface area contributed by atoms with Gasteiger partial charge in [0.15, 0.2) is 5.13 Å². The minimum atomic E-state index is -1.01. The smallest absolute Gasteiger partial charge is 0.301 e. The Morgan fingerprint density at radius 3 is 2.49 bits per heavy atom. The summed E-state index contributed by atoms with van der Waals surface area (Å²) in [5.74, 6) is -1.38. The summed E-state index contributed by atoms with van der Waals surface area (Å²) in [6.07, 6.45) is 0. The topological polar surface area (TPSA) is 89.0 Å². The van der Waals surface area contributed by atoms with Gasteiger partial charge in [-0.15, -0.1) is 0 Å². The number of nitrogens with zero attached hydrogens (tertiary/aromatic N) is 2. The molecule has 1 aliphatic rings. The minimum Gasteiger partial charge on any atom is -0.507 e. The van der Waals surface area contributed by atoms with E-state index >= 15 is 0 Å². The number of hydrogen-bond acceptors (Lipinski definition) is 7. The van der Waals surface area contributed by atoms with Crippen molar-refractivity contribution in [3.05, 3.63) is 125 Å². The molecule has 0 saturated carbocycles. The molecule has 1 atom stereocenters. The van der Waals surface area contributed by atoms with Gasteiger partial charge < -0.3 is 14.6 Å². The number of fused-ring (bicyclic) bond motifs is 1. The molecule has 41 heavy (non-hydrogen) atoms. The maximum atomic E-state index is 13.9. The summed E-state index contributed by atoms with van der Waals surface area (Å²) in [4.78, 5) is 32.9. The molecule has 5 aromatic rings. The quantitative estimate of drug-likeness (QED) is 0.135. The third kappa shape index (κ3) is 5.03. The first kappa shape index (κ1) is 26.2. The molecule has 1 saturated heterocycles. The molecule has 0 bridgehead atoms. The predicted molar refractivity (Wildman–Crippen MR) is 155 cm³/mol. The lowest BCUT2D eigenvalue weighted by atomic mass is 9.95. The van der Waals surface area contributed by atoms with Crippen LogP contribution in [0.5, 0.6) is 11.5 Å². The van der Waals surface area contributed by atoms with Gasteiger partial charge in [-0.3, -0.25) is 14.5 Å². The van der Waals surface area contributed by atoms with Gasteiger partial charge in [0.2, 0.25) is 0 Å². The molecule has 6 rings (SSSR count). The first-order valence-corrected chi connectivity index (χ1v) is 13.5. The number of benzene rings is 4. The van der Waals surface area contributed by atoms with Crippen LogP contribution in [0.3, 0.4) is 0 Å². The molecule has 7 nitrogen and oxygen atoms in total. The molecule has 1 aromatic heterocycles. The van der Waals surface area contributed by atoms with Crippen molar-refractivity contribution in [2.24, 2.45) is 0 Å². The molecular weight excluding hydrogens is 543 g/mol. The van der Waals surface area contributed by atoms with Gasteiger partial charge in [0, 0.05) is 5.56 Å². The fourth-order valence-electron chi connectivity index (χ4n) is 4.75. The highest BCUT2D eigenvalue weighted by Crippen LogP contribution is 2.45. The van der Waals surface area contributed by atoms with Crippen molar-refractivity contribution in [1.29, 1.82) is 0 Å². The first-order chi connectivity index (χ1) is 19.9. The van der Waals surface area contributed by atoms with Crippen LogP contribution in [0.4, 0.5) is 9.52 Å². The summed E-state index contributed by atoms with van der Waals surface area (Å²) < 4.78 is 25.7. The molecule has 0 spiro atoms. The predicted octanol–water partition coefficient (Wildman–Crippen LogP) is 6.65. The molecule has 1 aliphatic heterocycles. The lowest BCUT2D eigenvalue weighted by molar-refractivity contribution is -0.132. The van der Waals surface area contributed by atoms with E-state index in [0.29, 0.717) is 39.4 Å². The van der Waals surface area contributed by atoms with E-state index in [1.54, 1.807) is 48.5 Å². The van der Waals surface area contributed by atoms with Crippen LogP contribution in [-0.2, 0) is 16.2 Å². The van der Waals surface area contributed by atoms with E-state index in [4.69, 9.17) is 9.47 Å². The number of amides is 1. The maximum Gasteiger partial charge on any atom is 0.301 e. The van der Waals surface area contributed by atoms with Crippen LogP contribution in [0.1, 0.15) is 22.7 Å². The van der Waals surface area contributed by atoms with Gasteiger partial charge in [-0.25, -0.2) is 9.37 Å². The second-order valence-electron chi connectivity index (χ2n) is 9.35. The Labute approximate surface area is 238 Å². The molecule has 0 radical (unpaired) electrons. The standard InChI is InChI=1S/C32H23FN2O5S/c1-39-23-13-10-20(11-14-23)29(36)27-28(21-8-5-9-24(16-21)40-18-19-6-3-2-4-7-19)35(31(38)30(27)37)32-34-25-15-12-22(33)17-26(25)41-32/h2-17,28,36H,18H2,1H3. The molecule has 1 amide bonds. The van der Waals surface area contributed by atoms with Crippen molar-refractivity contribution in [3.8, 4) is 11.5 Å². The average molecular weight is 567 g/mol. The summed E-state index contributed by atoms with van der Waals surface area (Å²) in [5.41, 5.74) is 2.25. The lowest BCUT2D eigenvalue weighted by Crippen LogP contribution is -2.29. The van der Waals surface area contributed by atoms with E-state index in [0.717, 1.165) is 16.9 Å². The number of thiazole rings is 1. The Hall–Kier alpha value is -5.02. The van der Waals surface area contributed by atoms with Crippen molar-refractivity contribution in [2.75, 3.05) is 12.0 Å². The van der Waals surface area contributed by atoms with Crippen molar-refractivity contribution >= 4 is 44.1 Å². The maximum absolute atomic E-state index is 13.9. The lowest BCUT2D eigenvalue weighted by Gasteiger charge is -2.23. The molecule has 204 valence electrons. The van der Waals surface area contributed by atoms with Crippen LogP contribution >= 0.6 is 11.3 Å². The van der Waals surface area contributed by atoms with Gasteiger partial charge in [0.1, 0.15) is 29.7 Å². The van der Waals surface area contributed by atoms with Gasteiger partial charge in [-0.05, 0) is 65.7 Å². The number of ether oxygens (including phenoxy) is 2. The van der Waals surface area contributed by atoms with Gasteiger partial charge >= 0.3 is 5.91 Å². The molecule has 1 unspecified atom stereocenters. The Morgan fingerprint density at radius 2 is 1.73 bits per heavy atom. The van der Waals surface area contributed by atoms with E-state index < -0.39 is 23.5 Å². The second kappa shape index (κ2) is 10.9. The van der Waals surface area contributed by atoms with Crippen LogP contribution in [0.25, 0.3) is 16.0 Å². The van der Waals surface area contributed by atoms with Gasteiger partial charge in [0.25, 0.3) is 5.78 Å². The van der Waals surface area contributed by atoms with E-state index in [1.807, 2.05) is 30.3 Å². The number of carbonyl (C=O) groups is 2. The summed E-state index contributed by atoms with van der Waals surface area (Å²) in [6, 6.07) is 26.3. The normalized spacial score (nSPS) is 16.3. The van der Waals surface area contributed by atoms with E-state index in [2.05, 4.69) is 4.98 Å². The highest BCUT2D eigenvalue weighted by molar-refractivity contribution is 7.22. The van der Waals surface area contributed by atoms with E-state index in [9.17, 15) is 19.1 Å². The van der Waals surface area contributed by atoms with Crippen LogP contribution in [-0.4, -0.2) is 28.9 Å². The van der Waals surface area contributed by atoms with Crippen LogP contribution in [0, 0.1) is 5.82 Å². The summed E-state index contributed by atoms with van der Waals surface area (Å²) in [7, 11) is 1.52. The van der Waals surface area contributed by atoms with E-state index in [-0.39, 0.29) is 16.5 Å². The summed E-state index contributed by atoms with van der Waals surface area (Å²) in [5, 5.41) is 11.6. The highest BCUT2D eigenvalue weighted by atomic mass is 32.1. The molecule has 2 heterocycles. The summed E-state index contributed by atoms with van der Waals surface area (Å²) >= 11 is 1.09. The zero-order valence-corrected chi connectivity index (χ0v) is 22.6. The zero-order valence-electron chi connectivity index (χ0n) is 21.8. The van der Waals surface area contributed by atoms with Crippen LogP contribution in [0.15, 0.2) is 103 Å². The molecule has 1 fully saturated rings. The van der Waals surface area contributed by atoms with E-state index in [1.165, 1.54) is 30.2 Å². The average Bonchev–Trinajstić information content (AvgIpc) is 3.53. The number of rotatable bonds is 7. The monoisotopic (exact) mass is 566 g/mol. The number of carbonyl (C=O) groups excluding carboxylic acids is 2. The Balaban J connectivity index is 1.47. The SMILES string of the molecule is COc1ccc(C(O)=C2C(=O)C(=O)N(c3nc4ccc(F)cc4s3)C2c2cccc(OCc3ccccc3)c2)cc1. The molecule has 4 aromatic carbocycles. The Bertz CT molecular complexity index is 1800. The molecular formula is C32H23FN2O5S. The molecule has 1 N–H and O–H groups in total. The van der Waals surface area contributed by atoms with Gasteiger partial charge in [-0.2, -0.15) is 0 Å². The number of aliphatic hydroxyl groups excluding tert-OH is 1. The molecule has 0 aliphatic carbocycles. The van der Waals surface area contributed by atoms with Crippen molar-refractivity contribution < 1.29 is 28.6 Å². The van der Waals surface area contributed by atoms with Crippen molar-refractivity contribution in [2.45, 2.75) is 12.6 Å². The third-order valence-electron chi connectivity index (χ3n) is 6.78. The van der Waals surface area contributed by atoms with Crippen LogP contribution in [0.2, 0.25) is 0 Å². The largest absolute Gasteiger partial charge is 0.507 e. The number of anilines is 1. The fourth-order valence-corrected chi connectivity index (χ4v) is 5.77. The van der Waals surface area contributed by atoms with Crippen molar-refractivity contribution in [1.82, 2.24) is 4.98 Å². The summed E-state index contributed by atoms with van der Waals surface area (Å²) in [6.45, 7) is 0.319. The minimum absolute atomic E-state index is 0.0918. The first-order valence-electron chi connectivity index (χ1n) is 12.7. The Kier molecular flexibility index (Phi) is 6.94. The molecule has 9 heteroatoms. The van der Waals surface area contributed by atoms with Gasteiger partial charge in [-0.1, -0.05) is 53.8 Å². The number of Topliss-reactive ketones (excluding diaryl/α,β-unsaturated/α-hetero) is 1. The number of methoxy groups -OCH3 is 1. The fraction of sp³-hybridized carbons (Fsp3) is 0.0938. The van der Waals surface area contributed by atoms with Crippen LogP contribution < -0.4 is 14.4 Å². The number of aliphatic hydroxyl groups is 1. The number of halogens is 1.